The number of hydrogen-bond donors (Lipinski definition) is 4. The van der Waals surface area contributed by atoms with Crippen LogP contribution in [0.2, 0.25) is 0 Å². The summed E-state index contributed by atoms with van der Waals surface area (Å²) < 4.78 is 0. The number of hydrogen-bond acceptors (Lipinski definition) is 7. The molecular weight excluding hydrogens is 462 g/mol. The van der Waals surface area contributed by atoms with Gasteiger partial charge < -0.3 is 22.1 Å². The number of halogens is 1. The fraction of sp³-hybridized carbons (Fsp3) is 0.808. The number of nitrogens with zero attached hydrogens (tertiary/aromatic N) is 3. The van der Waals surface area contributed by atoms with Crippen LogP contribution in [0, 0.1) is 11.3 Å². The number of carbonyl (C=O) groups excluding carboxylic acids is 1. The SMILES string of the molecule is CC[C@]1(C)CCC(Cl)=C=NC(C(C(=O)NC2CNC=CC2N2CCN(C3CCC3)CC2)C(N)N)C1. The number of rotatable bonds is 7. The molecular formula is C26H44ClN7O. The van der Waals surface area contributed by atoms with Gasteiger partial charge in [0.15, 0.2) is 0 Å². The van der Waals surface area contributed by atoms with Gasteiger partial charge in [0.1, 0.15) is 0 Å². The maximum absolute atomic E-state index is 13.7. The van der Waals surface area contributed by atoms with Crippen molar-refractivity contribution in [2.45, 2.75) is 89.1 Å². The number of amides is 1. The molecule has 0 aromatic heterocycles. The van der Waals surface area contributed by atoms with Crippen LogP contribution in [0.25, 0.3) is 0 Å². The molecule has 4 unspecified atom stereocenters. The first-order chi connectivity index (χ1) is 16.8. The lowest BCUT2D eigenvalue weighted by molar-refractivity contribution is -0.127. The highest BCUT2D eigenvalue weighted by molar-refractivity contribution is 6.33. The second-order valence-electron chi connectivity index (χ2n) is 11.2. The Morgan fingerprint density at radius 3 is 2.66 bits per heavy atom. The molecule has 4 rings (SSSR count). The summed E-state index contributed by atoms with van der Waals surface area (Å²) in [6, 6.07) is 0.516. The monoisotopic (exact) mass is 505 g/mol. The quantitative estimate of drug-likeness (QED) is 0.392. The van der Waals surface area contributed by atoms with Crippen molar-refractivity contribution < 1.29 is 4.79 Å². The molecule has 3 aliphatic heterocycles. The lowest BCUT2D eigenvalue weighted by atomic mass is 9.74. The van der Waals surface area contributed by atoms with E-state index >= 15 is 0 Å². The maximum atomic E-state index is 13.7. The highest BCUT2D eigenvalue weighted by Gasteiger charge is 2.40. The van der Waals surface area contributed by atoms with Gasteiger partial charge in [-0.2, -0.15) is 0 Å². The van der Waals surface area contributed by atoms with Gasteiger partial charge in [0.25, 0.3) is 0 Å². The first-order valence-electron chi connectivity index (χ1n) is 13.5. The number of piperazine rings is 1. The van der Waals surface area contributed by atoms with Crippen molar-refractivity contribution in [1.82, 2.24) is 20.4 Å². The van der Waals surface area contributed by atoms with Crippen LogP contribution in [0.1, 0.15) is 58.8 Å². The van der Waals surface area contributed by atoms with E-state index in [0.29, 0.717) is 11.6 Å². The van der Waals surface area contributed by atoms with E-state index in [0.717, 1.165) is 57.9 Å². The van der Waals surface area contributed by atoms with Crippen LogP contribution in [-0.4, -0.2) is 84.6 Å². The van der Waals surface area contributed by atoms with Crippen LogP contribution in [0.4, 0.5) is 0 Å². The third-order valence-corrected chi connectivity index (χ3v) is 9.11. The van der Waals surface area contributed by atoms with Crippen LogP contribution < -0.4 is 22.1 Å². The molecule has 9 heteroatoms. The maximum Gasteiger partial charge on any atom is 0.228 e. The summed E-state index contributed by atoms with van der Waals surface area (Å²) in [5.74, 6) is 2.18. The summed E-state index contributed by atoms with van der Waals surface area (Å²) in [6.07, 6.45) is 10.8. The molecule has 196 valence electrons. The Kier molecular flexibility index (Phi) is 8.95. The highest BCUT2D eigenvalue weighted by atomic mass is 35.5. The number of aliphatic imine (C=N–C) groups is 1. The fourth-order valence-electron chi connectivity index (χ4n) is 5.97. The Hall–Kier alpha value is -1.41. The van der Waals surface area contributed by atoms with E-state index in [-0.39, 0.29) is 29.4 Å². The van der Waals surface area contributed by atoms with Crippen molar-refractivity contribution in [3.8, 4) is 0 Å². The van der Waals surface area contributed by atoms with Crippen LogP contribution in [0.3, 0.4) is 0 Å². The lowest BCUT2D eigenvalue weighted by Gasteiger charge is -2.46. The standard InChI is InChI=1S/C26H44ClN7O/c1-3-26(2)9-7-18(27)16-31-20(15-26)23(24(28)29)25(35)32-21-17-30-10-8-22(21)34-13-11-33(12-14-34)19-5-4-6-19/h8,10,19-24,30H,3-7,9,11-15,17,28-29H2,1-2H3,(H,32,35)/t20?,21?,22?,23?,26-/m1/s1. The van der Waals surface area contributed by atoms with Crippen molar-refractivity contribution in [1.29, 1.82) is 0 Å². The van der Waals surface area contributed by atoms with Gasteiger partial charge in [-0.15, -0.1) is 0 Å². The van der Waals surface area contributed by atoms with Gasteiger partial charge in [0.2, 0.25) is 5.91 Å². The number of nitrogens with one attached hydrogen (secondary N) is 2. The van der Waals surface area contributed by atoms with Crippen LogP contribution in [-0.2, 0) is 4.79 Å². The molecule has 0 bridgehead atoms. The van der Waals surface area contributed by atoms with E-state index < -0.39 is 12.1 Å². The van der Waals surface area contributed by atoms with Crippen LogP contribution >= 0.6 is 11.6 Å². The number of carbonyl (C=O) groups is 1. The topological polar surface area (TPSA) is 112 Å². The van der Waals surface area contributed by atoms with Gasteiger partial charge in [-0.1, -0.05) is 38.3 Å². The van der Waals surface area contributed by atoms with Crippen LogP contribution in [0.5, 0.6) is 0 Å². The Morgan fingerprint density at radius 2 is 2.03 bits per heavy atom. The second kappa shape index (κ2) is 11.8. The minimum atomic E-state index is -0.818. The molecule has 1 saturated heterocycles. The van der Waals surface area contributed by atoms with Gasteiger partial charge in [0.05, 0.1) is 35.2 Å². The fourth-order valence-corrected chi connectivity index (χ4v) is 6.11. The molecule has 3 heterocycles. The van der Waals surface area contributed by atoms with Gasteiger partial charge in [0, 0.05) is 38.8 Å². The molecule has 0 radical (unpaired) electrons. The third kappa shape index (κ3) is 6.48. The Balaban J connectivity index is 1.45. The minimum absolute atomic E-state index is 0.0155. The normalized spacial score (nSPS) is 33.9. The van der Waals surface area contributed by atoms with E-state index in [4.69, 9.17) is 23.1 Å². The smallest absolute Gasteiger partial charge is 0.228 e. The third-order valence-electron chi connectivity index (χ3n) is 8.84. The largest absolute Gasteiger partial charge is 0.389 e. The molecule has 8 nitrogen and oxygen atoms in total. The van der Waals surface area contributed by atoms with E-state index in [9.17, 15) is 4.79 Å². The zero-order valence-electron chi connectivity index (χ0n) is 21.4. The summed E-state index contributed by atoms with van der Waals surface area (Å²) >= 11 is 6.33. The predicted octanol–water partition coefficient (Wildman–Crippen LogP) is 1.75. The van der Waals surface area contributed by atoms with Crippen LogP contribution in [0.15, 0.2) is 22.3 Å². The number of allylic oxidation sites excluding steroid dienone is 1. The molecule has 6 N–H and O–H groups in total. The lowest BCUT2D eigenvalue weighted by Crippen LogP contribution is -2.63. The molecule has 0 spiro atoms. The van der Waals surface area contributed by atoms with Crippen molar-refractivity contribution >= 4 is 23.4 Å². The van der Waals surface area contributed by atoms with Gasteiger partial charge in [-0.3, -0.25) is 14.6 Å². The molecule has 1 saturated carbocycles. The average molecular weight is 506 g/mol. The van der Waals surface area contributed by atoms with Crippen molar-refractivity contribution in [2.75, 3.05) is 32.7 Å². The molecule has 0 aromatic carbocycles. The molecule has 4 aliphatic rings. The Morgan fingerprint density at radius 1 is 1.31 bits per heavy atom. The van der Waals surface area contributed by atoms with Crippen molar-refractivity contribution in [2.24, 2.45) is 27.8 Å². The summed E-state index contributed by atoms with van der Waals surface area (Å²) in [4.78, 5) is 23.4. The number of nitrogens with two attached hydrogens (primary N) is 2. The molecule has 1 amide bonds. The van der Waals surface area contributed by atoms with E-state index in [2.05, 4.69) is 51.2 Å². The van der Waals surface area contributed by atoms with Crippen molar-refractivity contribution in [3.05, 3.63) is 17.3 Å². The van der Waals surface area contributed by atoms with E-state index in [1.807, 2.05) is 6.20 Å². The summed E-state index contributed by atoms with van der Waals surface area (Å²) in [6.45, 7) is 9.31. The average Bonchev–Trinajstić information content (AvgIpc) is 2.80. The van der Waals surface area contributed by atoms with Gasteiger partial charge in [-0.25, -0.2) is 4.99 Å². The first kappa shape index (κ1) is 26.6. The summed E-state index contributed by atoms with van der Waals surface area (Å²) in [7, 11) is 0. The predicted molar refractivity (Wildman–Crippen MR) is 142 cm³/mol. The molecule has 35 heavy (non-hydrogen) atoms. The summed E-state index contributed by atoms with van der Waals surface area (Å²) in [5.41, 5.74) is 12.4. The minimum Gasteiger partial charge on any atom is -0.389 e. The zero-order valence-corrected chi connectivity index (χ0v) is 22.1. The Labute approximate surface area is 215 Å². The first-order valence-corrected chi connectivity index (χ1v) is 13.8. The van der Waals surface area contributed by atoms with E-state index in [1.165, 1.54) is 19.3 Å². The molecule has 2 fully saturated rings. The Bertz CT molecular complexity index is 830. The summed E-state index contributed by atoms with van der Waals surface area (Å²) in [5, 5.41) is 7.19. The molecule has 1 aliphatic carbocycles. The second-order valence-corrected chi connectivity index (χ2v) is 11.7. The van der Waals surface area contributed by atoms with Crippen molar-refractivity contribution in [3.63, 3.8) is 0 Å². The van der Waals surface area contributed by atoms with E-state index in [1.54, 1.807) is 0 Å². The van der Waals surface area contributed by atoms with Gasteiger partial charge >= 0.3 is 0 Å². The molecule has 5 atom stereocenters. The van der Waals surface area contributed by atoms with Gasteiger partial charge in [-0.05, 0) is 55.7 Å². The molecule has 0 aromatic rings. The zero-order chi connectivity index (χ0) is 25.0. The highest BCUT2D eigenvalue weighted by Crippen LogP contribution is 2.38.